The van der Waals surface area contributed by atoms with Crippen LogP contribution in [-0.4, -0.2) is 15.6 Å². The van der Waals surface area contributed by atoms with Crippen molar-refractivity contribution in [1.82, 2.24) is 9.55 Å². The summed E-state index contributed by atoms with van der Waals surface area (Å²) in [6.45, 7) is 2.32. The van der Waals surface area contributed by atoms with Crippen LogP contribution in [0.2, 0.25) is 0 Å². The minimum atomic E-state index is 0.647. The largest absolute Gasteiger partial charge is 0.353 e. The second kappa shape index (κ2) is 4.71. The van der Waals surface area contributed by atoms with Crippen LogP contribution >= 0.6 is 0 Å². The molecule has 2 atom stereocenters. The monoisotopic (exact) mass is 233 g/mol. The molecule has 1 aromatic rings. The molecule has 0 saturated heterocycles. The Hall–Kier alpha value is -0.990. The Morgan fingerprint density at radius 1 is 1.35 bits per heavy atom. The molecule has 0 aliphatic heterocycles. The average molecular weight is 233 g/mol. The highest BCUT2D eigenvalue weighted by molar-refractivity contribution is 5.29. The van der Waals surface area contributed by atoms with Crippen molar-refractivity contribution in [2.75, 3.05) is 5.32 Å². The number of aromatic nitrogens is 2. The third-order valence-electron chi connectivity index (χ3n) is 4.30. The van der Waals surface area contributed by atoms with Crippen LogP contribution < -0.4 is 5.32 Å². The first-order chi connectivity index (χ1) is 8.36. The quantitative estimate of drug-likeness (QED) is 0.861. The van der Waals surface area contributed by atoms with E-state index in [-0.39, 0.29) is 0 Å². The van der Waals surface area contributed by atoms with Crippen LogP contribution in [0, 0.1) is 5.92 Å². The Morgan fingerprint density at radius 3 is 3.00 bits per heavy atom. The van der Waals surface area contributed by atoms with Crippen LogP contribution in [0.1, 0.15) is 57.9 Å². The van der Waals surface area contributed by atoms with Gasteiger partial charge in [0, 0.05) is 24.5 Å². The molecule has 0 aromatic carbocycles. The lowest BCUT2D eigenvalue weighted by molar-refractivity contribution is 0.326. The molecule has 1 aromatic heterocycles. The van der Waals surface area contributed by atoms with Gasteiger partial charge in [0.05, 0.1) is 0 Å². The van der Waals surface area contributed by atoms with E-state index in [1.165, 1.54) is 44.9 Å². The van der Waals surface area contributed by atoms with Crippen molar-refractivity contribution in [3.05, 3.63) is 12.4 Å². The van der Waals surface area contributed by atoms with Crippen molar-refractivity contribution in [3.63, 3.8) is 0 Å². The fourth-order valence-corrected chi connectivity index (χ4v) is 3.05. The van der Waals surface area contributed by atoms with E-state index >= 15 is 0 Å². The molecule has 3 heteroatoms. The molecule has 1 heterocycles. The number of hydrogen-bond donors (Lipinski definition) is 1. The Labute approximate surface area is 104 Å². The van der Waals surface area contributed by atoms with Crippen LogP contribution in [0.5, 0.6) is 0 Å². The van der Waals surface area contributed by atoms with Crippen LogP contribution in [0.3, 0.4) is 0 Å². The molecule has 2 unspecified atom stereocenters. The van der Waals surface area contributed by atoms with Crippen LogP contribution in [0.15, 0.2) is 12.4 Å². The first-order valence-electron chi connectivity index (χ1n) is 7.16. The molecule has 2 aliphatic rings. The predicted molar refractivity (Wildman–Crippen MR) is 70.2 cm³/mol. The van der Waals surface area contributed by atoms with Crippen molar-refractivity contribution in [1.29, 1.82) is 0 Å². The second-order valence-corrected chi connectivity index (χ2v) is 5.67. The zero-order valence-corrected chi connectivity index (χ0v) is 10.7. The molecular weight excluding hydrogens is 210 g/mol. The molecule has 0 amide bonds. The Kier molecular flexibility index (Phi) is 3.08. The summed E-state index contributed by atoms with van der Waals surface area (Å²) in [6, 6.07) is 1.37. The number of anilines is 1. The number of imidazole rings is 1. The number of nitrogens with zero attached hydrogens (tertiary/aromatic N) is 2. The summed E-state index contributed by atoms with van der Waals surface area (Å²) < 4.78 is 2.33. The first kappa shape index (κ1) is 11.1. The summed E-state index contributed by atoms with van der Waals surface area (Å²) in [5, 5.41) is 3.67. The second-order valence-electron chi connectivity index (χ2n) is 5.67. The van der Waals surface area contributed by atoms with E-state index in [4.69, 9.17) is 0 Å². The van der Waals surface area contributed by atoms with Gasteiger partial charge < -0.3 is 9.88 Å². The predicted octanol–water partition coefficient (Wildman–Crippen LogP) is 3.60. The molecule has 1 N–H and O–H groups in total. The van der Waals surface area contributed by atoms with E-state index in [0.29, 0.717) is 6.04 Å². The molecule has 3 rings (SSSR count). The highest BCUT2D eigenvalue weighted by atomic mass is 15.2. The summed E-state index contributed by atoms with van der Waals surface area (Å²) in [6.07, 6.45) is 13.5. The summed E-state index contributed by atoms with van der Waals surface area (Å²) >= 11 is 0. The third-order valence-corrected chi connectivity index (χ3v) is 4.30. The molecule has 2 aliphatic carbocycles. The SMILES string of the molecule is CCC1CCCC(Nc2nccn2C2CC2)C1. The van der Waals surface area contributed by atoms with Crippen molar-refractivity contribution in [2.24, 2.45) is 5.92 Å². The minimum Gasteiger partial charge on any atom is -0.353 e. The molecule has 0 radical (unpaired) electrons. The van der Waals surface area contributed by atoms with Crippen molar-refractivity contribution in [3.8, 4) is 0 Å². The summed E-state index contributed by atoms with van der Waals surface area (Å²) in [4.78, 5) is 4.47. The van der Waals surface area contributed by atoms with Gasteiger partial charge in [-0.15, -0.1) is 0 Å². The Balaban J connectivity index is 1.63. The van der Waals surface area contributed by atoms with Crippen LogP contribution in [0.25, 0.3) is 0 Å². The van der Waals surface area contributed by atoms with Gasteiger partial charge in [0.2, 0.25) is 5.95 Å². The third kappa shape index (κ3) is 2.48. The standard InChI is InChI=1S/C14H23N3/c1-2-11-4-3-5-12(10-11)16-14-15-8-9-17(14)13-6-7-13/h8-9,11-13H,2-7,10H2,1H3,(H,15,16). The van der Waals surface area contributed by atoms with Gasteiger partial charge in [-0.3, -0.25) is 0 Å². The van der Waals surface area contributed by atoms with Gasteiger partial charge in [-0.1, -0.05) is 26.2 Å². The lowest BCUT2D eigenvalue weighted by Gasteiger charge is -2.29. The molecule has 17 heavy (non-hydrogen) atoms. The summed E-state index contributed by atoms with van der Waals surface area (Å²) in [7, 11) is 0. The normalized spacial score (nSPS) is 29.2. The zero-order chi connectivity index (χ0) is 11.7. The smallest absolute Gasteiger partial charge is 0.203 e. The summed E-state index contributed by atoms with van der Waals surface area (Å²) in [5.74, 6) is 2.03. The number of hydrogen-bond acceptors (Lipinski definition) is 2. The van der Waals surface area contributed by atoms with Crippen molar-refractivity contribution in [2.45, 2.75) is 64.0 Å². The maximum atomic E-state index is 4.47. The molecule has 3 nitrogen and oxygen atoms in total. The van der Waals surface area contributed by atoms with Gasteiger partial charge in [-0.25, -0.2) is 4.98 Å². The maximum Gasteiger partial charge on any atom is 0.203 e. The molecule has 2 saturated carbocycles. The minimum absolute atomic E-state index is 0.647. The lowest BCUT2D eigenvalue weighted by Crippen LogP contribution is -2.28. The van der Waals surface area contributed by atoms with Gasteiger partial charge >= 0.3 is 0 Å². The number of nitrogens with one attached hydrogen (secondary N) is 1. The Morgan fingerprint density at radius 2 is 2.24 bits per heavy atom. The zero-order valence-electron chi connectivity index (χ0n) is 10.7. The topological polar surface area (TPSA) is 29.9 Å². The molecule has 2 fully saturated rings. The van der Waals surface area contributed by atoms with Gasteiger partial charge in [0.1, 0.15) is 0 Å². The molecule has 0 bridgehead atoms. The van der Waals surface area contributed by atoms with Gasteiger partial charge in [0.25, 0.3) is 0 Å². The molecule has 0 spiro atoms. The fourth-order valence-electron chi connectivity index (χ4n) is 3.05. The Bertz CT molecular complexity index is 367. The van der Waals surface area contributed by atoms with E-state index in [1.807, 2.05) is 6.20 Å². The lowest BCUT2D eigenvalue weighted by atomic mass is 9.84. The summed E-state index contributed by atoms with van der Waals surface area (Å²) in [5.41, 5.74) is 0. The maximum absolute atomic E-state index is 4.47. The van der Waals surface area contributed by atoms with Gasteiger partial charge in [0.15, 0.2) is 0 Å². The van der Waals surface area contributed by atoms with Crippen LogP contribution in [-0.2, 0) is 0 Å². The van der Waals surface area contributed by atoms with Crippen LogP contribution in [0.4, 0.5) is 5.95 Å². The van der Waals surface area contributed by atoms with Gasteiger partial charge in [-0.2, -0.15) is 0 Å². The van der Waals surface area contributed by atoms with Crippen molar-refractivity contribution < 1.29 is 0 Å². The van der Waals surface area contributed by atoms with E-state index < -0.39 is 0 Å². The van der Waals surface area contributed by atoms with Crippen molar-refractivity contribution >= 4 is 5.95 Å². The van der Waals surface area contributed by atoms with Gasteiger partial charge in [-0.05, 0) is 31.6 Å². The van der Waals surface area contributed by atoms with E-state index in [0.717, 1.165) is 17.9 Å². The first-order valence-corrected chi connectivity index (χ1v) is 7.16. The van der Waals surface area contributed by atoms with E-state index in [9.17, 15) is 0 Å². The average Bonchev–Trinajstić information content (AvgIpc) is 3.11. The highest BCUT2D eigenvalue weighted by Gasteiger charge is 2.27. The fraction of sp³-hybridized carbons (Fsp3) is 0.786. The molecular formula is C14H23N3. The van der Waals surface area contributed by atoms with E-state index in [2.05, 4.69) is 28.0 Å². The highest BCUT2D eigenvalue weighted by Crippen LogP contribution is 2.37. The van der Waals surface area contributed by atoms with E-state index in [1.54, 1.807) is 0 Å². The number of rotatable bonds is 4. The molecule has 94 valence electrons.